The third-order valence-electron chi connectivity index (χ3n) is 4.92. The van der Waals surface area contributed by atoms with Crippen LogP contribution in [0.1, 0.15) is 58.7 Å². The highest BCUT2D eigenvalue weighted by molar-refractivity contribution is 5.75. The van der Waals surface area contributed by atoms with E-state index < -0.39 is 12.0 Å². The summed E-state index contributed by atoms with van der Waals surface area (Å²) in [6, 6.07) is -0.668. The molecule has 166 valence electrons. The summed E-state index contributed by atoms with van der Waals surface area (Å²) >= 11 is 0. The quantitative estimate of drug-likeness (QED) is 0.374. The number of nitrogens with zero attached hydrogens (tertiary/aromatic N) is 3. The van der Waals surface area contributed by atoms with Crippen molar-refractivity contribution >= 4 is 23.1 Å². The predicted molar refractivity (Wildman–Crippen MR) is 112 cm³/mol. The highest BCUT2D eigenvalue weighted by Crippen LogP contribution is 2.14. The molecule has 0 saturated carbocycles. The lowest BCUT2D eigenvalue weighted by atomic mass is 10.0. The molecular weight excluding hydrogens is 386 g/mol. The third kappa shape index (κ3) is 7.70. The van der Waals surface area contributed by atoms with Crippen molar-refractivity contribution in [1.82, 2.24) is 19.9 Å². The number of fused-ring (bicyclic) bond motifs is 1. The molecule has 0 bridgehead atoms. The Kier molecular flexibility index (Phi) is 9.66. The van der Waals surface area contributed by atoms with Crippen LogP contribution in [-0.2, 0) is 25.5 Å². The molecule has 0 aliphatic rings. The largest absolute Gasteiger partial charge is 0.466 e. The normalized spacial score (nSPS) is 13.4. The number of hydrogen-bond acceptors (Lipinski definition) is 8. The second-order valence-electron chi connectivity index (χ2n) is 7.86. The van der Waals surface area contributed by atoms with Gasteiger partial charge in [0.1, 0.15) is 17.4 Å². The minimum atomic E-state index is -0.668. The molecule has 0 amide bonds. The summed E-state index contributed by atoms with van der Waals surface area (Å²) < 4.78 is 10.8. The number of rotatable bonds is 13. The molecule has 0 aliphatic heterocycles. The average Bonchev–Trinajstić information content (AvgIpc) is 3.19. The number of imidazole rings is 1. The van der Waals surface area contributed by atoms with Crippen LogP contribution in [0.3, 0.4) is 0 Å². The van der Waals surface area contributed by atoms with Crippen LogP contribution in [0.25, 0.3) is 11.2 Å². The van der Waals surface area contributed by atoms with E-state index >= 15 is 0 Å². The fourth-order valence-electron chi connectivity index (χ4n) is 2.87. The van der Waals surface area contributed by atoms with E-state index in [9.17, 15) is 9.59 Å². The summed E-state index contributed by atoms with van der Waals surface area (Å²) in [5, 5.41) is 0. The van der Waals surface area contributed by atoms with Crippen molar-refractivity contribution in [2.75, 3.05) is 13.2 Å². The number of carbonyl (C=O) groups is 2. The van der Waals surface area contributed by atoms with Gasteiger partial charge >= 0.3 is 11.9 Å². The Bertz CT molecular complexity index is 808. The first kappa shape index (κ1) is 23.7. The van der Waals surface area contributed by atoms with Gasteiger partial charge in [0, 0.05) is 18.8 Å². The molecule has 9 heteroatoms. The number of H-pyrrole nitrogens is 1. The number of unbranched alkanes of at least 4 members (excludes halogenated alkanes) is 2. The Labute approximate surface area is 177 Å². The second kappa shape index (κ2) is 12.2. The molecule has 0 fully saturated rings. The molecule has 2 rings (SSSR count). The van der Waals surface area contributed by atoms with E-state index in [4.69, 9.17) is 15.2 Å². The average molecular weight is 420 g/mol. The van der Waals surface area contributed by atoms with Crippen molar-refractivity contribution in [2.45, 2.75) is 65.3 Å². The molecule has 0 saturated heterocycles. The lowest BCUT2D eigenvalue weighted by molar-refractivity contribution is -0.149. The van der Waals surface area contributed by atoms with Crippen LogP contribution in [0.5, 0.6) is 0 Å². The van der Waals surface area contributed by atoms with E-state index in [-0.39, 0.29) is 31.0 Å². The van der Waals surface area contributed by atoms with E-state index in [1.54, 1.807) is 12.5 Å². The van der Waals surface area contributed by atoms with Gasteiger partial charge in [0.15, 0.2) is 5.65 Å². The summed E-state index contributed by atoms with van der Waals surface area (Å²) in [6.45, 7) is 6.25. The minimum absolute atomic E-state index is 0.00886. The number of ether oxygens (including phenoxy) is 2. The topological polar surface area (TPSA) is 133 Å². The van der Waals surface area contributed by atoms with Gasteiger partial charge in [-0.25, -0.2) is 15.0 Å². The molecule has 1 unspecified atom stereocenters. The van der Waals surface area contributed by atoms with Gasteiger partial charge in [-0.2, -0.15) is 0 Å². The SMILES string of the molecule is CCCCCC(=O)OCCC(COC(=O)[C@@H](N)C(C)C)Cc1ncc2[nH]cnc2n1. The number of hydrogen-bond donors (Lipinski definition) is 2. The molecule has 0 spiro atoms. The number of esters is 2. The zero-order valence-electron chi connectivity index (χ0n) is 18.1. The molecule has 2 heterocycles. The Balaban J connectivity index is 1.92. The molecule has 0 aromatic carbocycles. The van der Waals surface area contributed by atoms with E-state index in [1.165, 1.54) is 0 Å². The van der Waals surface area contributed by atoms with Crippen molar-refractivity contribution in [3.63, 3.8) is 0 Å². The van der Waals surface area contributed by atoms with Crippen LogP contribution in [0.4, 0.5) is 0 Å². The van der Waals surface area contributed by atoms with Crippen LogP contribution in [0.15, 0.2) is 12.5 Å². The van der Waals surface area contributed by atoms with Gasteiger partial charge in [0.05, 0.1) is 25.7 Å². The molecule has 2 aromatic rings. The smallest absolute Gasteiger partial charge is 0.323 e. The van der Waals surface area contributed by atoms with Gasteiger partial charge in [-0.05, 0) is 18.8 Å². The van der Waals surface area contributed by atoms with E-state index in [1.807, 2.05) is 13.8 Å². The molecule has 3 N–H and O–H groups in total. The fraction of sp³-hybridized carbons (Fsp3) is 0.667. The molecule has 2 aromatic heterocycles. The fourth-order valence-corrected chi connectivity index (χ4v) is 2.87. The van der Waals surface area contributed by atoms with Gasteiger partial charge in [0.25, 0.3) is 0 Å². The Morgan fingerprint density at radius 3 is 2.73 bits per heavy atom. The van der Waals surface area contributed by atoms with E-state index in [0.29, 0.717) is 30.7 Å². The summed E-state index contributed by atoms with van der Waals surface area (Å²) in [6.07, 6.45) is 7.57. The maximum Gasteiger partial charge on any atom is 0.323 e. The summed E-state index contributed by atoms with van der Waals surface area (Å²) in [5.41, 5.74) is 7.21. The Morgan fingerprint density at radius 1 is 1.20 bits per heavy atom. The lowest BCUT2D eigenvalue weighted by Gasteiger charge is -2.19. The first-order valence-electron chi connectivity index (χ1n) is 10.6. The second-order valence-corrected chi connectivity index (χ2v) is 7.86. The molecule has 0 aliphatic carbocycles. The van der Waals surface area contributed by atoms with Crippen LogP contribution in [-0.4, -0.2) is 51.1 Å². The van der Waals surface area contributed by atoms with Crippen molar-refractivity contribution in [3.8, 4) is 0 Å². The minimum Gasteiger partial charge on any atom is -0.466 e. The summed E-state index contributed by atoms with van der Waals surface area (Å²) in [4.78, 5) is 39.9. The highest BCUT2D eigenvalue weighted by Gasteiger charge is 2.22. The standard InChI is InChI=1S/C21H33N5O4/c1-4-5-6-7-18(27)29-9-8-15(12-30-21(28)19(22)14(2)3)10-17-23-11-16-20(26-17)25-13-24-16/h11,13-15,19H,4-10,12,22H2,1-3H3,(H,23,24,25,26)/t15?,19-/m0/s1. The van der Waals surface area contributed by atoms with Crippen molar-refractivity contribution in [2.24, 2.45) is 17.6 Å². The van der Waals surface area contributed by atoms with Crippen LogP contribution >= 0.6 is 0 Å². The number of aromatic amines is 1. The number of aromatic nitrogens is 4. The molecule has 30 heavy (non-hydrogen) atoms. The maximum absolute atomic E-state index is 12.1. The molecule has 0 radical (unpaired) electrons. The van der Waals surface area contributed by atoms with E-state index in [2.05, 4.69) is 26.9 Å². The Morgan fingerprint density at radius 2 is 2.00 bits per heavy atom. The third-order valence-corrected chi connectivity index (χ3v) is 4.92. The van der Waals surface area contributed by atoms with E-state index in [0.717, 1.165) is 24.8 Å². The monoisotopic (exact) mass is 419 g/mol. The van der Waals surface area contributed by atoms with Gasteiger partial charge in [-0.15, -0.1) is 0 Å². The van der Waals surface area contributed by atoms with Crippen LogP contribution < -0.4 is 5.73 Å². The van der Waals surface area contributed by atoms with Gasteiger partial charge < -0.3 is 20.2 Å². The molecular formula is C21H33N5O4. The summed E-state index contributed by atoms with van der Waals surface area (Å²) in [5.74, 6) is -0.151. The van der Waals surface area contributed by atoms with Crippen molar-refractivity contribution in [3.05, 3.63) is 18.3 Å². The first-order valence-corrected chi connectivity index (χ1v) is 10.6. The maximum atomic E-state index is 12.1. The van der Waals surface area contributed by atoms with Crippen molar-refractivity contribution < 1.29 is 19.1 Å². The lowest BCUT2D eigenvalue weighted by Crippen LogP contribution is -2.38. The number of carbonyl (C=O) groups excluding carboxylic acids is 2. The highest BCUT2D eigenvalue weighted by atomic mass is 16.5. The van der Waals surface area contributed by atoms with Crippen LogP contribution in [0, 0.1) is 11.8 Å². The number of nitrogens with two attached hydrogens (primary N) is 1. The summed E-state index contributed by atoms with van der Waals surface area (Å²) in [7, 11) is 0. The Hall–Kier alpha value is -2.55. The van der Waals surface area contributed by atoms with Gasteiger partial charge in [-0.1, -0.05) is 33.6 Å². The van der Waals surface area contributed by atoms with Gasteiger partial charge in [0.2, 0.25) is 0 Å². The van der Waals surface area contributed by atoms with Gasteiger partial charge in [-0.3, -0.25) is 9.59 Å². The van der Waals surface area contributed by atoms with Crippen LogP contribution in [0.2, 0.25) is 0 Å². The number of nitrogens with one attached hydrogen (secondary N) is 1. The molecule has 2 atom stereocenters. The zero-order valence-corrected chi connectivity index (χ0v) is 18.1. The first-order chi connectivity index (χ1) is 14.4. The predicted octanol–water partition coefficient (Wildman–Crippen LogP) is 2.55. The van der Waals surface area contributed by atoms with Crippen molar-refractivity contribution in [1.29, 1.82) is 0 Å². The molecule has 9 nitrogen and oxygen atoms in total. The zero-order chi connectivity index (χ0) is 21.9.